The fraction of sp³-hybridized carbons (Fsp3) is 0.167. The first-order valence-electron chi connectivity index (χ1n) is 13.0. The van der Waals surface area contributed by atoms with E-state index in [1.165, 1.54) is 24.3 Å². The number of halogens is 4. The van der Waals surface area contributed by atoms with Crippen molar-refractivity contribution in [2.24, 2.45) is 0 Å². The molecule has 0 fully saturated rings. The van der Waals surface area contributed by atoms with E-state index < -0.39 is 43.1 Å². The fourth-order valence-electron chi connectivity index (χ4n) is 5.24. The predicted octanol–water partition coefficient (Wildman–Crippen LogP) is 7.05. The molecular weight excluding hydrogens is 624 g/mol. The summed E-state index contributed by atoms with van der Waals surface area (Å²) < 4.78 is 86.0. The molecule has 0 aliphatic heterocycles. The summed E-state index contributed by atoms with van der Waals surface area (Å²) in [5.41, 5.74) is -9.08. The van der Waals surface area contributed by atoms with Gasteiger partial charge in [0.1, 0.15) is 5.69 Å². The SMILES string of the molecule is O=P(O)(O)C(F)(F)c1ccc(CC(Cc2ccc(C(F)(F)P(=O)(O)O)cc2)(c2ccccc2)c2noc3ccccc23)cc1. The van der Waals surface area contributed by atoms with E-state index >= 15 is 0 Å². The van der Waals surface area contributed by atoms with E-state index in [2.05, 4.69) is 5.16 Å². The van der Waals surface area contributed by atoms with Crippen molar-refractivity contribution in [1.82, 2.24) is 5.16 Å². The summed E-state index contributed by atoms with van der Waals surface area (Å²) in [7, 11) is -11.6. The Hall–Kier alpha value is -3.63. The Kier molecular flexibility index (Phi) is 8.22. The number of benzene rings is 4. The molecule has 0 saturated heterocycles. The molecule has 0 unspecified atom stereocenters. The van der Waals surface area contributed by atoms with E-state index in [4.69, 9.17) is 24.1 Å². The molecular formula is C30H25F4NO7P2. The van der Waals surface area contributed by atoms with E-state index in [9.17, 15) is 26.7 Å². The van der Waals surface area contributed by atoms with Gasteiger partial charge in [0.25, 0.3) is 0 Å². The Labute approximate surface area is 248 Å². The molecule has 0 amide bonds. The summed E-state index contributed by atoms with van der Waals surface area (Å²) in [6, 6.07) is 25.0. The van der Waals surface area contributed by atoms with Crippen LogP contribution in [0.4, 0.5) is 17.6 Å². The van der Waals surface area contributed by atoms with Crippen molar-refractivity contribution in [3.8, 4) is 0 Å². The van der Waals surface area contributed by atoms with E-state index in [0.717, 1.165) is 24.3 Å². The monoisotopic (exact) mass is 649 g/mol. The van der Waals surface area contributed by atoms with Crippen LogP contribution < -0.4 is 0 Å². The summed E-state index contributed by atoms with van der Waals surface area (Å²) in [4.78, 5) is 36.6. The second-order valence-corrected chi connectivity index (χ2v) is 13.7. The standard InChI is InChI=1S/C30H25F4NO7P2/c31-29(32,43(36,37)38)23-14-10-20(11-15-23)18-28(22-6-2-1-3-7-22,27-25-8-4-5-9-26(25)42-35-27)19-21-12-16-24(17-13-21)30(33,34)44(39,40)41/h1-17H,18-19H2,(H2,36,37,38)(H2,39,40,41). The molecule has 44 heavy (non-hydrogen) atoms. The molecule has 0 atom stereocenters. The maximum Gasteiger partial charge on any atom is 0.399 e. The van der Waals surface area contributed by atoms with Gasteiger partial charge in [0.2, 0.25) is 0 Å². The molecule has 230 valence electrons. The third-order valence-corrected chi connectivity index (χ3v) is 9.48. The van der Waals surface area contributed by atoms with Crippen molar-refractivity contribution in [2.75, 3.05) is 0 Å². The van der Waals surface area contributed by atoms with Crippen molar-refractivity contribution in [1.29, 1.82) is 0 Å². The topological polar surface area (TPSA) is 141 Å². The van der Waals surface area contributed by atoms with Crippen LogP contribution in [0, 0.1) is 0 Å². The molecule has 1 heterocycles. The zero-order chi connectivity index (χ0) is 32.0. The van der Waals surface area contributed by atoms with Gasteiger partial charge in [-0.1, -0.05) is 96.2 Å². The molecule has 1 aromatic heterocycles. The van der Waals surface area contributed by atoms with Crippen LogP contribution >= 0.6 is 15.2 Å². The Morgan fingerprint density at radius 1 is 0.591 bits per heavy atom. The van der Waals surface area contributed by atoms with E-state index in [1.807, 2.05) is 12.1 Å². The largest absolute Gasteiger partial charge is 0.399 e. The molecule has 0 spiro atoms. The van der Waals surface area contributed by atoms with Gasteiger partial charge in [0.15, 0.2) is 5.58 Å². The summed E-state index contributed by atoms with van der Waals surface area (Å²) >= 11 is 0. The number of fused-ring (bicyclic) bond motifs is 1. The van der Waals surface area contributed by atoms with Gasteiger partial charge in [0, 0.05) is 21.9 Å². The number of hydrogen-bond acceptors (Lipinski definition) is 4. The van der Waals surface area contributed by atoms with Gasteiger partial charge in [0.05, 0.1) is 0 Å². The van der Waals surface area contributed by atoms with Crippen molar-refractivity contribution in [3.05, 3.63) is 137 Å². The normalized spacial score (nSPS) is 13.4. The maximum atomic E-state index is 14.4. The lowest BCUT2D eigenvalue weighted by atomic mass is 9.68. The van der Waals surface area contributed by atoms with Crippen molar-refractivity contribution in [3.63, 3.8) is 0 Å². The van der Waals surface area contributed by atoms with Gasteiger partial charge >= 0.3 is 26.5 Å². The van der Waals surface area contributed by atoms with Crippen LogP contribution in [0.15, 0.2) is 108 Å². The minimum Gasteiger partial charge on any atom is -0.356 e. The van der Waals surface area contributed by atoms with Crippen LogP contribution in [-0.4, -0.2) is 24.7 Å². The first-order chi connectivity index (χ1) is 20.6. The van der Waals surface area contributed by atoms with Crippen LogP contribution in [0.25, 0.3) is 11.0 Å². The third-order valence-electron chi connectivity index (χ3n) is 7.50. The maximum absolute atomic E-state index is 14.4. The lowest BCUT2D eigenvalue weighted by molar-refractivity contribution is 0.0564. The molecule has 14 heteroatoms. The molecule has 4 aromatic carbocycles. The van der Waals surface area contributed by atoms with Crippen LogP contribution in [0.5, 0.6) is 0 Å². The number of aromatic nitrogens is 1. The number of alkyl halides is 4. The van der Waals surface area contributed by atoms with Gasteiger partial charge < -0.3 is 24.1 Å². The lowest BCUT2D eigenvalue weighted by Gasteiger charge is -2.34. The predicted molar refractivity (Wildman–Crippen MR) is 153 cm³/mol. The Bertz CT molecular complexity index is 1790. The molecule has 0 aliphatic carbocycles. The summed E-state index contributed by atoms with van der Waals surface area (Å²) in [6.07, 6.45) is 0.186. The van der Waals surface area contributed by atoms with Crippen molar-refractivity contribution in [2.45, 2.75) is 29.6 Å². The van der Waals surface area contributed by atoms with E-state index in [-0.39, 0.29) is 12.8 Å². The average molecular weight is 649 g/mol. The lowest BCUT2D eigenvalue weighted by Crippen LogP contribution is -2.34. The molecule has 4 N–H and O–H groups in total. The summed E-state index contributed by atoms with van der Waals surface area (Å²) in [6.45, 7) is 0. The van der Waals surface area contributed by atoms with Crippen LogP contribution in [0.1, 0.15) is 33.5 Å². The average Bonchev–Trinajstić information content (AvgIpc) is 3.41. The Morgan fingerprint density at radius 3 is 1.48 bits per heavy atom. The minimum absolute atomic E-state index is 0.0930. The highest BCUT2D eigenvalue weighted by Gasteiger charge is 2.51. The van der Waals surface area contributed by atoms with Gasteiger partial charge in [-0.05, 0) is 41.7 Å². The van der Waals surface area contributed by atoms with Crippen LogP contribution in [0.2, 0.25) is 0 Å². The highest BCUT2D eigenvalue weighted by atomic mass is 31.2. The van der Waals surface area contributed by atoms with Gasteiger partial charge in [-0.15, -0.1) is 0 Å². The first kappa shape index (κ1) is 31.8. The molecule has 5 aromatic rings. The third kappa shape index (κ3) is 5.77. The highest BCUT2D eigenvalue weighted by Crippen LogP contribution is 2.60. The quantitative estimate of drug-likeness (QED) is 0.0932. The van der Waals surface area contributed by atoms with Crippen molar-refractivity contribution >= 4 is 26.2 Å². The second kappa shape index (κ2) is 11.4. The number of nitrogens with zero attached hydrogens (tertiary/aromatic N) is 1. The Balaban J connectivity index is 1.67. The molecule has 8 nitrogen and oxygen atoms in total. The molecule has 0 saturated carbocycles. The number of para-hydroxylation sites is 1. The van der Waals surface area contributed by atoms with Gasteiger partial charge in [-0.3, -0.25) is 9.13 Å². The smallest absolute Gasteiger partial charge is 0.356 e. The summed E-state index contributed by atoms with van der Waals surface area (Å²) in [5.74, 6) is 0. The number of hydrogen-bond donors (Lipinski definition) is 4. The van der Waals surface area contributed by atoms with Gasteiger partial charge in [-0.2, -0.15) is 17.6 Å². The Morgan fingerprint density at radius 2 is 1.02 bits per heavy atom. The van der Waals surface area contributed by atoms with Gasteiger partial charge in [-0.25, -0.2) is 0 Å². The zero-order valence-electron chi connectivity index (χ0n) is 22.6. The minimum atomic E-state index is -5.79. The molecule has 0 radical (unpaired) electrons. The molecule has 0 bridgehead atoms. The number of rotatable bonds is 10. The molecule has 0 aliphatic rings. The van der Waals surface area contributed by atoms with Crippen LogP contribution in [-0.2, 0) is 38.7 Å². The zero-order valence-corrected chi connectivity index (χ0v) is 24.4. The van der Waals surface area contributed by atoms with Crippen LogP contribution in [0.3, 0.4) is 0 Å². The first-order valence-corrected chi connectivity index (χ1v) is 16.2. The summed E-state index contributed by atoms with van der Waals surface area (Å²) in [5, 5.41) is 5.02. The van der Waals surface area contributed by atoms with Crippen molar-refractivity contribution < 1.29 is 50.8 Å². The van der Waals surface area contributed by atoms with E-state index in [0.29, 0.717) is 33.4 Å². The highest BCUT2D eigenvalue weighted by molar-refractivity contribution is 7.52. The van der Waals surface area contributed by atoms with E-state index in [1.54, 1.807) is 42.5 Å². The fourth-order valence-corrected chi connectivity index (χ4v) is 6.21. The second-order valence-electron chi connectivity index (χ2n) is 10.4. The molecule has 5 rings (SSSR count).